The minimum atomic E-state index is 0.0325. The van der Waals surface area contributed by atoms with Gasteiger partial charge in [0.1, 0.15) is 19.0 Å². The average Bonchev–Trinajstić information content (AvgIpc) is 2.96. The Morgan fingerprint density at radius 1 is 0.684 bits per heavy atom. The fourth-order valence-electron chi connectivity index (χ4n) is 3.68. The predicted octanol–water partition coefficient (Wildman–Crippen LogP) is 7.62. The third kappa shape index (κ3) is 6.47. The largest absolute Gasteiger partial charge is 0.489 e. The van der Waals surface area contributed by atoms with Crippen molar-refractivity contribution in [2.75, 3.05) is 0 Å². The highest BCUT2D eigenvalue weighted by Gasteiger charge is 2.13. The van der Waals surface area contributed by atoms with Gasteiger partial charge in [0, 0.05) is 17.7 Å². The molecule has 0 fully saturated rings. The molecule has 38 heavy (non-hydrogen) atoms. The molecule has 0 radical (unpaired) electrons. The van der Waals surface area contributed by atoms with Crippen LogP contribution in [-0.4, -0.2) is 9.97 Å². The summed E-state index contributed by atoms with van der Waals surface area (Å²) in [4.78, 5) is 8.57. The van der Waals surface area contributed by atoms with E-state index in [2.05, 4.69) is 16.0 Å². The van der Waals surface area contributed by atoms with Crippen molar-refractivity contribution in [3.63, 3.8) is 0 Å². The van der Waals surface area contributed by atoms with Crippen molar-refractivity contribution in [2.45, 2.75) is 13.2 Å². The van der Waals surface area contributed by atoms with E-state index in [9.17, 15) is 5.26 Å². The van der Waals surface area contributed by atoms with E-state index in [0.29, 0.717) is 36.0 Å². The zero-order valence-electron chi connectivity index (χ0n) is 20.3. The van der Waals surface area contributed by atoms with Gasteiger partial charge < -0.3 is 14.2 Å². The normalized spacial score (nSPS) is 10.4. The second-order valence-corrected chi connectivity index (χ2v) is 8.65. The van der Waals surface area contributed by atoms with Crippen molar-refractivity contribution in [3.05, 3.63) is 131 Å². The van der Waals surface area contributed by atoms with Crippen LogP contribution < -0.4 is 14.2 Å². The monoisotopic (exact) mass is 519 g/mol. The first-order chi connectivity index (χ1) is 18.7. The zero-order chi connectivity index (χ0) is 26.2. The van der Waals surface area contributed by atoms with E-state index >= 15 is 0 Å². The van der Waals surface area contributed by atoms with Crippen molar-refractivity contribution in [1.29, 1.82) is 5.26 Å². The van der Waals surface area contributed by atoms with Crippen LogP contribution in [0, 0.1) is 11.3 Å². The summed E-state index contributed by atoms with van der Waals surface area (Å²) in [6, 6.07) is 36.1. The van der Waals surface area contributed by atoms with Crippen molar-refractivity contribution in [1.82, 2.24) is 9.97 Å². The molecule has 4 aromatic carbocycles. The molecule has 0 aliphatic heterocycles. The van der Waals surface area contributed by atoms with E-state index in [4.69, 9.17) is 25.8 Å². The SMILES string of the molecule is N#Cc1ccc(OCc2ccccc2)c(Oc2cc(-c3ccc(OCc4ccccc4)cc3)nc(Cl)n2)c1. The summed E-state index contributed by atoms with van der Waals surface area (Å²) in [7, 11) is 0. The van der Waals surface area contributed by atoms with Crippen LogP contribution in [0.15, 0.2) is 109 Å². The lowest BCUT2D eigenvalue weighted by molar-refractivity contribution is 0.290. The Balaban J connectivity index is 1.33. The molecule has 5 rings (SSSR count). The van der Waals surface area contributed by atoms with Gasteiger partial charge in [0.25, 0.3) is 0 Å². The molecular weight excluding hydrogens is 498 g/mol. The summed E-state index contributed by atoms with van der Waals surface area (Å²) >= 11 is 6.24. The van der Waals surface area contributed by atoms with Crippen LogP contribution in [0.1, 0.15) is 16.7 Å². The Labute approximate surface area is 225 Å². The number of nitriles is 1. The summed E-state index contributed by atoms with van der Waals surface area (Å²) in [5, 5.41) is 9.42. The van der Waals surface area contributed by atoms with Crippen molar-refractivity contribution < 1.29 is 14.2 Å². The van der Waals surface area contributed by atoms with E-state index in [1.165, 1.54) is 0 Å². The van der Waals surface area contributed by atoms with Crippen LogP contribution in [0.25, 0.3) is 11.3 Å². The number of benzene rings is 4. The summed E-state index contributed by atoms with van der Waals surface area (Å²) in [6.07, 6.45) is 0. The Morgan fingerprint density at radius 3 is 2.00 bits per heavy atom. The zero-order valence-corrected chi connectivity index (χ0v) is 21.0. The summed E-state index contributed by atoms with van der Waals surface area (Å²) in [5.74, 6) is 1.79. The van der Waals surface area contributed by atoms with Gasteiger partial charge in [-0.3, -0.25) is 0 Å². The number of aromatic nitrogens is 2. The third-order valence-electron chi connectivity index (χ3n) is 5.60. The molecule has 1 aromatic heterocycles. The Kier molecular flexibility index (Phi) is 7.78. The van der Waals surface area contributed by atoms with E-state index in [-0.39, 0.29) is 11.2 Å². The van der Waals surface area contributed by atoms with Crippen LogP contribution in [0.3, 0.4) is 0 Å². The quantitative estimate of drug-likeness (QED) is 0.186. The second-order valence-electron chi connectivity index (χ2n) is 8.31. The molecule has 0 aliphatic carbocycles. The smallest absolute Gasteiger partial charge is 0.226 e. The average molecular weight is 520 g/mol. The number of ether oxygens (including phenoxy) is 3. The number of rotatable bonds is 9. The molecular formula is C31H22ClN3O3. The molecule has 6 nitrogen and oxygen atoms in total. The van der Waals surface area contributed by atoms with E-state index in [1.54, 1.807) is 24.3 Å². The molecule has 0 N–H and O–H groups in total. The second kappa shape index (κ2) is 11.9. The van der Waals surface area contributed by atoms with Gasteiger partial charge in [0.15, 0.2) is 11.5 Å². The number of hydrogen-bond donors (Lipinski definition) is 0. The number of hydrogen-bond acceptors (Lipinski definition) is 6. The molecule has 0 unspecified atom stereocenters. The number of halogens is 1. The summed E-state index contributed by atoms with van der Waals surface area (Å²) in [5.41, 5.74) is 3.92. The first kappa shape index (κ1) is 24.8. The molecule has 0 saturated heterocycles. The van der Waals surface area contributed by atoms with Gasteiger partial charge in [-0.05, 0) is 59.1 Å². The minimum Gasteiger partial charge on any atom is -0.489 e. The number of nitrogens with zero attached hydrogens (tertiary/aromatic N) is 3. The first-order valence-corrected chi connectivity index (χ1v) is 12.2. The lowest BCUT2D eigenvalue weighted by Crippen LogP contribution is -1.99. The molecule has 0 amide bonds. The van der Waals surface area contributed by atoms with Gasteiger partial charge >= 0.3 is 0 Å². The maximum absolute atomic E-state index is 9.39. The van der Waals surface area contributed by atoms with Crippen LogP contribution >= 0.6 is 11.6 Å². The lowest BCUT2D eigenvalue weighted by Gasteiger charge is -2.13. The summed E-state index contributed by atoms with van der Waals surface area (Å²) in [6.45, 7) is 0.825. The molecule has 0 spiro atoms. The minimum absolute atomic E-state index is 0.0325. The van der Waals surface area contributed by atoms with Crippen molar-refractivity contribution in [2.24, 2.45) is 0 Å². The molecule has 5 aromatic rings. The van der Waals surface area contributed by atoms with Crippen LogP contribution in [0.5, 0.6) is 23.1 Å². The highest BCUT2D eigenvalue weighted by molar-refractivity contribution is 6.28. The van der Waals surface area contributed by atoms with Gasteiger partial charge in [-0.1, -0.05) is 60.7 Å². The topological polar surface area (TPSA) is 77.3 Å². The fourth-order valence-corrected chi connectivity index (χ4v) is 3.86. The predicted molar refractivity (Wildman–Crippen MR) is 145 cm³/mol. The molecule has 186 valence electrons. The van der Waals surface area contributed by atoms with E-state index in [0.717, 1.165) is 22.4 Å². The van der Waals surface area contributed by atoms with Gasteiger partial charge in [-0.2, -0.15) is 10.2 Å². The van der Waals surface area contributed by atoms with Gasteiger partial charge in [-0.15, -0.1) is 0 Å². The Hall–Kier alpha value is -4.86. The lowest BCUT2D eigenvalue weighted by atomic mass is 10.1. The van der Waals surface area contributed by atoms with E-state index < -0.39 is 0 Å². The van der Waals surface area contributed by atoms with Gasteiger partial charge in [0.2, 0.25) is 11.2 Å². The molecule has 0 atom stereocenters. The van der Waals surface area contributed by atoms with Crippen LogP contribution in [-0.2, 0) is 13.2 Å². The molecule has 0 saturated carbocycles. The Morgan fingerprint density at radius 2 is 1.34 bits per heavy atom. The highest BCUT2D eigenvalue weighted by atomic mass is 35.5. The van der Waals surface area contributed by atoms with Gasteiger partial charge in [-0.25, -0.2) is 4.98 Å². The van der Waals surface area contributed by atoms with Crippen LogP contribution in [0.4, 0.5) is 0 Å². The van der Waals surface area contributed by atoms with Crippen molar-refractivity contribution in [3.8, 4) is 40.5 Å². The van der Waals surface area contributed by atoms with Crippen LogP contribution in [0.2, 0.25) is 5.28 Å². The maximum Gasteiger partial charge on any atom is 0.226 e. The highest BCUT2D eigenvalue weighted by Crippen LogP contribution is 2.34. The maximum atomic E-state index is 9.39. The fraction of sp³-hybridized carbons (Fsp3) is 0.0645. The molecule has 1 heterocycles. The Bertz CT molecular complexity index is 1550. The molecule has 0 aliphatic rings. The standard InChI is InChI=1S/C31H22ClN3O3/c32-31-34-27(25-12-14-26(15-13-25)36-20-22-7-3-1-4-8-22)18-30(35-31)38-29-17-24(19-33)11-16-28(29)37-21-23-9-5-2-6-10-23/h1-18H,20-21H2. The van der Waals surface area contributed by atoms with Gasteiger partial charge in [0.05, 0.1) is 17.3 Å². The third-order valence-corrected chi connectivity index (χ3v) is 5.77. The summed E-state index contributed by atoms with van der Waals surface area (Å²) < 4.78 is 17.9. The first-order valence-electron chi connectivity index (χ1n) is 11.9. The van der Waals surface area contributed by atoms with E-state index in [1.807, 2.05) is 84.9 Å². The molecule has 7 heteroatoms. The van der Waals surface area contributed by atoms with Crippen molar-refractivity contribution >= 4 is 11.6 Å². The molecule has 0 bridgehead atoms.